The summed E-state index contributed by atoms with van der Waals surface area (Å²) in [6.45, 7) is 7.57. The number of anilines is 3. The molecule has 0 radical (unpaired) electrons. The van der Waals surface area contributed by atoms with Gasteiger partial charge in [-0.15, -0.1) is 0 Å². The van der Waals surface area contributed by atoms with Crippen molar-refractivity contribution < 1.29 is 0 Å². The smallest absolute Gasteiger partial charge is 0.250 e. The van der Waals surface area contributed by atoms with Gasteiger partial charge in [0, 0.05) is 11.7 Å². The Kier molecular flexibility index (Phi) is 8.15. The molecule has 0 aliphatic carbocycles. The quantitative estimate of drug-likeness (QED) is 0.444. The molecule has 0 amide bonds. The summed E-state index contributed by atoms with van der Waals surface area (Å²) >= 11 is 30.2. The highest BCUT2D eigenvalue weighted by atomic mass is 35.6. The molecule has 2 heterocycles. The summed E-state index contributed by atoms with van der Waals surface area (Å²) in [4.78, 5) is 15.5. The molecule has 6 nitrogen and oxygen atoms in total. The maximum atomic E-state index is 6.09. The third-order valence-corrected chi connectivity index (χ3v) is 6.45. The number of halogens is 5. The van der Waals surface area contributed by atoms with Gasteiger partial charge in [-0.2, -0.15) is 15.0 Å². The van der Waals surface area contributed by atoms with E-state index in [4.69, 9.17) is 58.0 Å². The molecule has 11 heteroatoms. The van der Waals surface area contributed by atoms with Gasteiger partial charge in [0.15, 0.2) is 5.82 Å². The van der Waals surface area contributed by atoms with Crippen molar-refractivity contribution in [3.05, 3.63) is 34.1 Å². The van der Waals surface area contributed by atoms with Crippen LogP contribution in [0.4, 0.5) is 17.6 Å². The van der Waals surface area contributed by atoms with Gasteiger partial charge in [-0.25, -0.2) is 0 Å². The van der Waals surface area contributed by atoms with Crippen LogP contribution in [0.3, 0.4) is 0 Å². The molecule has 30 heavy (non-hydrogen) atoms. The summed E-state index contributed by atoms with van der Waals surface area (Å²) < 4.78 is -1.79. The minimum Gasteiger partial charge on any atom is -0.351 e. The van der Waals surface area contributed by atoms with Crippen molar-refractivity contribution in [1.82, 2.24) is 19.9 Å². The lowest BCUT2D eigenvalue weighted by atomic mass is 9.90. The molecule has 1 aromatic carbocycles. The van der Waals surface area contributed by atoms with Gasteiger partial charge in [0.05, 0.1) is 10.0 Å². The number of alkyl halides is 3. The van der Waals surface area contributed by atoms with E-state index in [2.05, 4.69) is 44.3 Å². The van der Waals surface area contributed by atoms with Gasteiger partial charge in [-0.3, -0.25) is 0 Å². The van der Waals surface area contributed by atoms with Crippen LogP contribution >= 0.6 is 58.0 Å². The standard InChI is InChI=1S/C19H23Cl5N6/c1-3-30-8-6-12(7-9-30)11(2)25-17-27-16(19(22,23)24)28-18(29-17)26-13-4-5-14(20)15(21)10-13/h4-5,10-12H,3,6-9H2,1-2H3,(H2,25,26,27,28,29). The molecule has 1 aromatic heterocycles. The first kappa shape index (κ1) is 23.9. The zero-order chi connectivity index (χ0) is 21.9. The van der Waals surface area contributed by atoms with Crippen molar-refractivity contribution in [2.45, 2.75) is 36.5 Å². The molecule has 164 valence electrons. The molecule has 0 saturated carbocycles. The van der Waals surface area contributed by atoms with Crippen LogP contribution in [0.15, 0.2) is 18.2 Å². The Labute approximate surface area is 201 Å². The number of rotatable bonds is 6. The summed E-state index contributed by atoms with van der Waals surface area (Å²) in [5.74, 6) is 1.12. The SMILES string of the molecule is CCN1CCC(C(C)Nc2nc(Nc3ccc(Cl)c(Cl)c3)nc(C(Cl)(Cl)Cl)n2)CC1. The molecule has 1 aliphatic rings. The molecule has 1 unspecified atom stereocenters. The number of piperidine rings is 1. The number of aromatic nitrogens is 3. The highest BCUT2D eigenvalue weighted by Gasteiger charge is 2.29. The Balaban J connectivity index is 1.79. The van der Waals surface area contributed by atoms with Gasteiger partial charge >= 0.3 is 0 Å². The van der Waals surface area contributed by atoms with Crippen LogP contribution in [0.2, 0.25) is 10.0 Å². The lowest BCUT2D eigenvalue weighted by Crippen LogP contribution is -2.39. The minimum absolute atomic E-state index is 0.0283. The monoisotopic (exact) mass is 510 g/mol. The average molecular weight is 513 g/mol. The van der Waals surface area contributed by atoms with E-state index in [1.165, 1.54) is 0 Å². The molecule has 2 N–H and O–H groups in total. The van der Waals surface area contributed by atoms with Crippen molar-refractivity contribution in [2.75, 3.05) is 30.3 Å². The van der Waals surface area contributed by atoms with Crippen LogP contribution in [-0.4, -0.2) is 45.5 Å². The van der Waals surface area contributed by atoms with Crippen molar-refractivity contribution in [1.29, 1.82) is 0 Å². The van der Waals surface area contributed by atoms with E-state index in [1.807, 2.05) is 0 Å². The Morgan fingerprint density at radius 2 is 1.73 bits per heavy atom. The summed E-state index contributed by atoms with van der Waals surface area (Å²) in [5.41, 5.74) is 0.650. The highest BCUT2D eigenvalue weighted by Crippen LogP contribution is 2.37. The summed E-state index contributed by atoms with van der Waals surface area (Å²) in [5, 5.41) is 7.28. The molecule has 0 spiro atoms. The number of hydrogen-bond acceptors (Lipinski definition) is 6. The maximum absolute atomic E-state index is 6.09. The van der Waals surface area contributed by atoms with Gasteiger partial charge < -0.3 is 15.5 Å². The summed E-state index contributed by atoms with van der Waals surface area (Å²) in [6, 6.07) is 5.25. The number of benzene rings is 1. The summed E-state index contributed by atoms with van der Waals surface area (Å²) in [6.07, 6.45) is 2.22. The molecule has 2 aromatic rings. The first-order chi connectivity index (χ1) is 14.2. The van der Waals surface area contributed by atoms with Crippen molar-refractivity contribution >= 4 is 75.6 Å². The van der Waals surface area contributed by atoms with Crippen LogP contribution in [0, 0.1) is 5.92 Å². The second-order valence-corrected chi connectivity index (χ2v) is 10.4. The Morgan fingerprint density at radius 1 is 1.07 bits per heavy atom. The number of hydrogen-bond donors (Lipinski definition) is 2. The Morgan fingerprint density at radius 3 is 2.33 bits per heavy atom. The van der Waals surface area contributed by atoms with Gasteiger partial charge in [0.25, 0.3) is 0 Å². The topological polar surface area (TPSA) is 66.0 Å². The third kappa shape index (κ3) is 6.38. The normalized spacial score (nSPS) is 17.0. The predicted octanol–water partition coefficient (Wildman–Crippen LogP) is 6.28. The van der Waals surface area contributed by atoms with Crippen molar-refractivity contribution in [3.8, 4) is 0 Å². The largest absolute Gasteiger partial charge is 0.351 e. The van der Waals surface area contributed by atoms with E-state index in [0.717, 1.165) is 32.5 Å². The number of nitrogens with one attached hydrogen (secondary N) is 2. The van der Waals surface area contributed by atoms with Crippen LogP contribution in [0.1, 0.15) is 32.5 Å². The zero-order valence-corrected chi connectivity index (χ0v) is 20.4. The highest BCUT2D eigenvalue weighted by molar-refractivity contribution is 6.66. The van der Waals surface area contributed by atoms with Crippen LogP contribution in [0.5, 0.6) is 0 Å². The fourth-order valence-corrected chi connectivity index (χ4v) is 3.97. The molecule has 1 atom stereocenters. The lowest BCUT2D eigenvalue weighted by Gasteiger charge is -2.34. The second kappa shape index (κ2) is 10.2. The molecular weight excluding hydrogens is 490 g/mol. The second-order valence-electron chi connectivity index (χ2n) is 7.26. The lowest BCUT2D eigenvalue weighted by molar-refractivity contribution is 0.183. The van der Waals surface area contributed by atoms with Gasteiger partial charge in [0.2, 0.25) is 15.7 Å². The average Bonchev–Trinajstić information content (AvgIpc) is 2.70. The fraction of sp³-hybridized carbons (Fsp3) is 0.526. The van der Waals surface area contributed by atoms with Crippen LogP contribution < -0.4 is 10.6 Å². The van der Waals surface area contributed by atoms with Crippen LogP contribution in [0.25, 0.3) is 0 Å². The molecular formula is C19H23Cl5N6. The van der Waals surface area contributed by atoms with E-state index in [9.17, 15) is 0 Å². The van der Waals surface area contributed by atoms with Crippen LogP contribution in [-0.2, 0) is 3.79 Å². The first-order valence-corrected chi connectivity index (χ1v) is 11.6. The minimum atomic E-state index is -1.79. The van der Waals surface area contributed by atoms with Crippen molar-refractivity contribution in [3.63, 3.8) is 0 Å². The van der Waals surface area contributed by atoms with Gasteiger partial charge in [0.1, 0.15) is 0 Å². The molecule has 1 fully saturated rings. The number of nitrogens with zero attached hydrogens (tertiary/aromatic N) is 4. The van der Waals surface area contributed by atoms with E-state index < -0.39 is 3.79 Å². The third-order valence-electron chi connectivity index (χ3n) is 5.21. The Hall–Kier alpha value is -0.760. The predicted molar refractivity (Wildman–Crippen MR) is 127 cm³/mol. The maximum Gasteiger partial charge on any atom is 0.250 e. The van der Waals surface area contributed by atoms with Crippen molar-refractivity contribution in [2.24, 2.45) is 5.92 Å². The molecule has 1 aliphatic heterocycles. The van der Waals surface area contributed by atoms with Gasteiger partial charge in [-0.1, -0.05) is 64.9 Å². The van der Waals surface area contributed by atoms with E-state index in [-0.39, 0.29) is 17.8 Å². The first-order valence-electron chi connectivity index (χ1n) is 9.70. The zero-order valence-electron chi connectivity index (χ0n) is 16.6. The fourth-order valence-electron chi connectivity index (χ4n) is 3.42. The van der Waals surface area contributed by atoms with E-state index >= 15 is 0 Å². The molecule has 0 bridgehead atoms. The summed E-state index contributed by atoms with van der Waals surface area (Å²) in [7, 11) is 0. The Bertz CT molecular complexity index is 867. The molecule has 3 rings (SSSR count). The number of likely N-dealkylation sites (tertiary alicyclic amines) is 1. The van der Waals surface area contributed by atoms with E-state index in [0.29, 0.717) is 27.6 Å². The van der Waals surface area contributed by atoms with E-state index in [1.54, 1.807) is 18.2 Å². The van der Waals surface area contributed by atoms with Gasteiger partial charge in [-0.05, 0) is 63.5 Å². The molecule has 1 saturated heterocycles.